The first-order chi connectivity index (χ1) is 17.0. The van der Waals surface area contributed by atoms with Crippen molar-refractivity contribution >= 4 is 18.0 Å². The summed E-state index contributed by atoms with van der Waals surface area (Å²) < 4.78 is 11.2. The summed E-state index contributed by atoms with van der Waals surface area (Å²) in [4.78, 5) is 35.7. The van der Waals surface area contributed by atoms with Crippen LogP contribution in [0.1, 0.15) is 55.6 Å². The number of hydrogen-bond acceptors (Lipinski definition) is 5. The largest absolute Gasteiger partial charge is 0.481 e. The van der Waals surface area contributed by atoms with Crippen molar-refractivity contribution in [1.82, 2.24) is 10.6 Å². The number of carbonyl (C=O) groups is 3. The minimum atomic E-state index is -0.786. The van der Waals surface area contributed by atoms with E-state index < -0.39 is 24.2 Å². The minimum absolute atomic E-state index is 0.0254. The first-order valence-corrected chi connectivity index (χ1v) is 12.3. The molecule has 0 radical (unpaired) electrons. The second-order valence-electron chi connectivity index (χ2n) is 9.01. The fraction of sp³-hybridized carbons (Fsp3) is 0.444. The molecular weight excluding hydrogens is 448 g/mol. The Hall–Kier alpha value is -3.39. The van der Waals surface area contributed by atoms with E-state index in [1.54, 1.807) is 0 Å². The van der Waals surface area contributed by atoms with Gasteiger partial charge in [-0.1, -0.05) is 61.4 Å². The van der Waals surface area contributed by atoms with Crippen LogP contribution in [0.2, 0.25) is 0 Å². The zero-order chi connectivity index (χ0) is 24.6. The molecule has 3 N–H and O–H groups in total. The first-order valence-electron chi connectivity index (χ1n) is 12.3. The van der Waals surface area contributed by atoms with Gasteiger partial charge in [-0.05, 0) is 41.5 Å². The van der Waals surface area contributed by atoms with Crippen molar-refractivity contribution in [3.8, 4) is 11.1 Å². The highest BCUT2D eigenvalue weighted by Crippen LogP contribution is 2.44. The van der Waals surface area contributed by atoms with E-state index in [-0.39, 0.29) is 24.9 Å². The SMILES string of the molecule is O=C(O)CCCCCCNC(=O)C1OCCC1NC(=O)OCC1c2ccccc2-c2ccccc21. The highest BCUT2D eigenvalue weighted by molar-refractivity contribution is 5.83. The zero-order valence-electron chi connectivity index (χ0n) is 19.7. The molecule has 0 bridgehead atoms. The lowest BCUT2D eigenvalue weighted by Gasteiger charge is -2.20. The summed E-state index contributed by atoms with van der Waals surface area (Å²) in [5.74, 6) is -1.06. The maximum Gasteiger partial charge on any atom is 0.407 e. The van der Waals surface area contributed by atoms with Crippen LogP contribution in [0.3, 0.4) is 0 Å². The Morgan fingerprint density at radius 1 is 0.943 bits per heavy atom. The van der Waals surface area contributed by atoms with Crippen LogP contribution in [0.5, 0.6) is 0 Å². The molecule has 0 spiro atoms. The number of benzene rings is 2. The summed E-state index contributed by atoms with van der Waals surface area (Å²) in [6.07, 6.45) is 2.47. The van der Waals surface area contributed by atoms with E-state index in [9.17, 15) is 14.4 Å². The molecular formula is C27H32N2O6. The molecule has 35 heavy (non-hydrogen) atoms. The van der Waals surface area contributed by atoms with Crippen molar-refractivity contribution in [2.75, 3.05) is 19.8 Å². The Kier molecular flexibility index (Phi) is 8.36. The van der Waals surface area contributed by atoms with Gasteiger partial charge in [0, 0.05) is 25.5 Å². The fourth-order valence-corrected chi connectivity index (χ4v) is 4.85. The molecule has 2 atom stereocenters. The molecule has 0 aromatic heterocycles. The molecule has 0 saturated carbocycles. The maximum absolute atomic E-state index is 12.6. The fourth-order valence-electron chi connectivity index (χ4n) is 4.85. The van der Waals surface area contributed by atoms with Gasteiger partial charge in [0.1, 0.15) is 6.61 Å². The third kappa shape index (κ3) is 6.19. The van der Waals surface area contributed by atoms with Crippen LogP contribution in [-0.4, -0.2) is 55.0 Å². The molecule has 1 saturated heterocycles. The van der Waals surface area contributed by atoms with Crippen LogP contribution >= 0.6 is 0 Å². The lowest BCUT2D eigenvalue weighted by Crippen LogP contribution is -2.48. The van der Waals surface area contributed by atoms with Gasteiger partial charge in [-0.3, -0.25) is 9.59 Å². The van der Waals surface area contributed by atoms with E-state index in [0.29, 0.717) is 26.0 Å². The number of aliphatic carboxylic acids is 1. The zero-order valence-corrected chi connectivity index (χ0v) is 19.7. The number of nitrogens with one attached hydrogen (secondary N) is 2. The molecule has 2 aromatic rings. The molecule has 1 aliphatic carbocycles. The van der Waals surface area contributed by atoms with Crippen LogP contribution in [0.25, 0.3) is 11.1 Å². The number of unbranched alkanes of at least 4 members (excludes halogenated alkanes) is 3. The quantitative estimate of drug-likeness (QED) is 0.421. The molecule has 1 fully saturated rings. The summed E-state index contributed by atoms with van der Waals surface area (Å²) in [7, 11) is 0. The van der Waals surface area contributed by atoms with Crippen molar-refractivity contribution in [2.45, 2.75) is 56.6 Å². The summed E-state index contributed by atoms with van der Waals surface area (Å²) in [5, 5.41) is 14.3. The van der Waals surface area contributed by atoms with Crippen molar-refractivity contribution in [1.29, 1.82) is 0 Å². The Bertz CT molecular complexity index is 1010. The summed E-state index contributed by atoms with van der Waals surface area (Å²) in [6.45, 7) is 1.09. The Labute approximate surface area is 205 Å². The molecule has 2 unspecified atom stereocenters. The van der Waals surface area contributed by atoms with Crippen LogP contribution in [-0.2, 0) is 19.1 Å². The van der Waals surface area contributed by atoms with Crippen LogP contribution < -0.4 is 10.6 Å². The third-order valence-electron chi connectivity index (χ3n) is 6.61. The summed E-state index contributed by atoms with van der Waals surface area (Å²) >= 11 is 0. The second-order valence-corrected chi connectivity index (χ2v) is 9.01. The number of hydrogen-bond donors (Lipinski definition) is 3. The van der Waals surface area contributed by atoms with Gasteiger partial charge in [0.15, 0.2) is 6.10 Å². The maximum atomic E-state index is 12.6. The highest BCUT2D eigenvalue weighted by Gasteiger charge is 2.36. The van der Waals surface area contributed by atoms with E-state index in [4.69, 9.17) is 14.6 Å². The smallest absolute Gasteiger partial charge is 0.407 e. The number of carboxylic acids is 1. The number of fused-ring (bicyclic) bond motifs is 3. The summed E-state index contributed by atoms with van der Waals surface area (Å²) in [6, 6.07) is 15.9. The molecule has 8 nitrogen and oxygen atoms in total. The lowest BCUT2D eigenvalue weighted by molar-refractivity contribution is -0.137. The molecule has 4 rings (SSSR count). The number of alkyl carbamates (subject to hydrolysis) is 1. The van der Waals surface area contributed by atoms with Crippen LogP contribution in [0.4, 0.5) is 4.79 Å². The normalized spacial score (nSPS) is 18.5. The van der Waals surface area contributed by atoms with Gasteiger partial charge < -0.3 is 25.2 Å². The topological polar surface area (TPSA) is 114 Å². The molecule has 1 heterocycles. The minimum Gasteiger partial charge on any atom is -0.481 e. The molecule has 1 aliphatic heterocycles. The van der Waals surface area contributed by atoms with Crippen molar-refractivity contribution in [3.63, 3.8) is 0 Å². The molecule has 186 valence electrons. The van der Waals surface area contributed by atoms with E-state index in [2.05, 4.69) is 34.9 Å². The number of carbonyl (C=O) groups excluding carboxylic acids is 2. The van der Waals surface area contributed by atoms with Gasteiger partial charge in [-0.2, -0.15) is 0 Å². The third-order valence-corrected chi connectivity index (χ3v) is 6.61. The number of rotatable bonds is 11. The average molecular weight is 481 g/mol. The number of amides is 2. The number of carboxylic acid groups (broad SMARTS) is 1. The summed E-state index contributed by atoms with van der Waals surface area (Å²) in [5.41, 5.74) is 4.62. The predicted octanol–water partition coefficient (Wildman–Crippen LogP) is 3.83. The van der Waals surface area contributed by atoms with Crippen molar-refractivity contribution in [3.05, 3.63) is 59.7 Å². The lowest BCUT2D eigenvalue weighted by atomic mass is 9.98. The standard InChI is InChI=1S/C27H32N2O6/c30-24(31)13-3-1-2-8-15-28-26(32)25-23(14-16-34-25)29-27(33)35-17-22-20-11-6-4-9-18(20)19-10-5-7-12-21(19)22/h4-7,9-12,22-23,25H,1-3,8,13-17H2,(H,28,32)(H,29,33)(H,30,31). The van der Waals surface area contributed by atoms with Gasteiger partial charge in [-0.25, -0.2) is 4.79 Å². The van der Waals surface area contributed by atoms with Gasteiger partial charge in [0.05, 0.1) is 6.04 Å². The molecule has 2 aromatic carbocycles. The van der Waals surface area contributed by atoms with Crippen LogP contribution in [0, 0.1) is 0 Å². The van der Waals surface area contributed by atoms with E-state index in [0.717, 1.165) is 30.4 Å². The Balaban J connectivity index is 1.22. The van der Waals surface area contributed by atoms with E-state index in [1.807, 2.05) is 24.3 Å². The molecule has 2 aliphatic rings. The van der Waals surface area contributed by atoms with E-state index in [1.165, 1.54) is 11.1 Å². The average Bonchev–Trinajstić information content (AvgIpc) is 3.44. The molecule has 8 heteroatoms. The molecule has 2 amide bonds. The highest BCUT2D eigenvalue weighted by atomic mass is 16.6. The van der Waals surface area contributed by atoms with Gasteiger partial charge in [0.2, 0.25) is 0 Å². The Morgan fingerprint density at radius 2 is 1.60 bits per heavy atom. The van der Waals surface area contributed by atoms with Crippen molar-refractivity contribution in [2.24, 2.45) is 0 Å². The van der Waals surface area contributed by atoms with E-state index >= 15 is 0 Å². The number of ether oxygens (including phenoxy) is 2. The predicted molar refractivity (Wildman–Crippen MR) is 130 cm³/mol. The van der Waals surface area contributed by atoms with Gasteiger partial charge in [0.25, 0.3) is 5.91 Å². The van der Waals surface area contributed by atoms with Crippen molar-refractivity contribution < 1.29 is 29.0 Å². The van der Waals surface area contributed by atoms with Gasteiger partial charge >= 0.3 is 12.1 Å². The second kappa shape index (κ2) is 11.8. The van der Waals surface area contributed by atoms with Crippen LogP contribution in [0.15, 0.2) is 48.5 Å². The monoisotopic (exact) mass is 480 g/mol. The first kappa shape index (κ1) is 24.7. The Morgan fingerprint density at radius 3 is 2.29 bits per heavy atom. The van der Waals surface area contributed by atoms with Gasteiger partial charge in [-0.15, -0.1) is 0 Å².